The Morgan fingerprint density at radius 3 is 2.85 bits per heavy atom. The number of ether oxygens (including phenoxy) is 1. The lowest BCUT2D eigenvalue weighted by Crippen LogP contribution is -2.20. The molecule has 0 aliphatic rings. The van der Waals surface area contributed by atoms with Gasteiger partial charge in [0.05, 0.1) is 11.6 Å². The van der Waals surface area contributed by atoms with Gasteiger partial charge in [0.2, 0.25) is 0 Å². The predicted octanol–water partition coefficient (Wildman–Crippen LogP) is 2.68. The lowest BCUT2D eigenvalue weighted by Gasteiger charge is -2.08. The molecule has 0 radical (unpaired) electrons. The average Bonchev–Trinajstić information content (AvgIpc) is 2.42. The van der Waals surface area contributed by atoms with Gasteiger partial charge in [-0.3, -0.25) is 9.59 Å². The van der Waals surface area contributed by atoms with Gasteiger partial charge < -0.3 is 15.0 Å². The molecule has 0 saturated carbocycles. The SMILES string of the molecule is CCOc1ccc(NC(=O)c2c[nH]ccc2=O)cc1Cl. The van der Waals surface area contributed by atoms with Crippen LogP contribution >= 0.6 is 11.6 Å². The van der Waals surface area contributed by atoms with E-state index in [1.54, 1.807) is 18.2 Å². The lowest BCUT2D eigenvalue weighted by atomic mass is 10.2. The normalized spacial score (nSPS) is 10.1. The zero-order chi connectivity index (χ0) is 14.5. The highest BCUT2D eigenvalue weighted by Gasteiger charge is 2.11. The van der Waals surface area contributed by atoms with E-state index in [4.69, 9.17) is 16.3 Å². The van der Waals surface area contributed by atoms with Crippen molar-refractivity contribution in [2.45, 2.75) is 6.92 Å². The van der Waals surface area contributed by atoms with Crippen LogP contribution in [0.4, 0.5) is 5.69 Å². The van der Waals surface area contributed by atoms with E-state index in [-0.39, 0.29) is 11.0 Å². The molecule has 1 aromatic heterocycles. The Hall–Kier alpha value is -2.27. The second kappa shape index (κ2) is 6.25. The summed E-state index contributed by atoms with van der Waals surface area (Å²) in [4.78, 5) is 26.2. The van der Waals surface area contributed by atoms with E-state index in [0.29, 0.717) is 23.1 Å². The highest BCUT2D eigenvalue weighted by atomic mass is 35.5. The van der Waals surface area contributed by atoms with Crippen molar-refractivity contribution in [3.63, 3.8) is 0 Å². The molecule has 0 saturated heterocycles. The Labute approximate surface area is 120 Å². The van der Waals surface area contributed by atoms with Crippen molar-refractivity contribution >= 4 is 23.2 Å². The van der Waals surface area contributed by atoms with Crippen LogP contribution in [-0.4, -0.2) is 17.5 Å². The van der Waals surface area contributed by atoms with E-state index >= 15 is 0 Å². The molecule has 0 fully saturated rings. The van der Waals surface area contributed by atoms with Gasteiger partial charge in [-0.2, -0.15) is 0 Å². The number of benzene rings is 1. The summed E-state index contributed by atoms with van der Waals surface area (Å²) in [5.41, 5.74) is 0.183. The molecule has 0 spiro atoms. The van der Waals surface area contributed by atoms with Crippen LogP contribution in [0.2, 0.25) is 5.02 Å². The van der Waals surface area contributed by atoms with Crippen LogP contribution in [0.3, 0.4) is 0 Å². The number of H-pyrrole nitrogens is 1. The Bertz CT molecular complexity index is 682. The van der Waals surface area contributed by atoms with Crippen molar-refractivity contribution in [1.29, 1.82) is 0 Å². The number of rotatable bonds is 4. The molecule has 2 N–H and O–H groups in total. The number of hydrogen-bond acceptors (Lipinski definition) is 3. The van der Waals surface area contributed by atoms with Gasteiger partial charge in [0.25, 0.3) is 5.91 Å². The molecule has 2 aromatic rings. The minimum atomic E-state index is -0.493. The van der Waals surface area contributed by atoms with Gasteiger partial charge in [0.1, 0.15) is 11.3 Å². The number of nitrogens with one attached hydrogen (secondary N) is 2. The molecular weight excluding hydrogens is 280 g/mol. The van der Waals surface area contributed by atoms with Crippen molar-refractivity contribution in [2.75, 3.05) is 11.9 Å². The maximum Gasteiger partial charge on any atom is 0.261 e. The molecule has 5 nitrogen and oxygen atoms in total. The standard InChI is InChI=1S/C14H13ClN2O3/c1-2-20-13-4-3-9(7-11(13)15)17-14(19)10-8-16-6-5-12(10)18/h3-8H,2H2,1H3,(H,16,18)(H,17,19). The minimum absolute atomic E-state index is 0.0394. The highest BCUT2D eigenvalue weighted by Crippen LogP contribution is 2.27. The van der Waals surface area contributed by atoms with Gasteiger partial charge in [-0.05, 0) is 25.1 Å². The maximum absolute atomic E-state index is 12.0. The zero-order valence-electron chi connectivity index (χ0n) is 10.8. The van der Waals surface area contributed by atoms with Gasteiger partial charge in [-0.1, -0.05) is 11.6 Å². The maximum atomic E-state index is 12.0. The summed E-state index contributed by atoms with van der Waals surface area (Å²) in [5, 5.41) is 3.01. The number of amides is 1. The second-order valence-electron chi connectivity index (χ2n) is 3.95. The Morgan fingerprint density at radius 2 is 2.20 bits per heavy atom. The fourth-order valence-corrected chi connectivity index (χ4v) is 1.88. The molecule has 0 atom stereocenters. The summed E-state index contributed by atoms with van der Waals surface area (Å²) >= 11 is 6.02. The molecule has 1 heterocycles. The number of aromatic amines is 1. The molecule has 0 unspecified atom stereocenters. The van der Waals surface area contributed by atoms with Gasteiger partial charge in [-0.25, -0.2) is 0 Å². The summed E-state index contributed by atoms with van der Waals surface area (Å²) in [7, 11) is 0. The van der Waals surface area contributed by atoms with E-state index in [1.165, 1.54) is 18.5 Å². The smallest absolute Gasteiger partial charge is 0.261 e. The van der Waals surface area contributed by atoms with Gasteiger partial charge in [0.15, 0.2) is 5.43 Å². The average molecular weight is 293 g/mol. The number of pyridine rings is 1. The summed E-state index contributed by atoms with van der Waals surface area (Å²) in [6, 6.07) is 6.18. The Morgan fingerprint density at radius 1 is 1.40 bits per heavy atom. The fourth-order valence-electron chi connectivity index (χ4n) is 1.64. The molecule has 6 heteroatoms. The van der Waals surface area contributed by atoms with Crippen LogP contribution in [0.5, 0.6) is 5.75 Å². The first-order valence-corrected chi connectivity index (χ1v) is 6.40. The number of aromatic nitrogens is 1. The first-order valence-electron chi connectivity index (χ1n) is 6.02. The monoisotopic (exact) mass is 292 g/mol. The van der Waals surface area contributed by atoms with Crippen LogP contribution in [0, 0.1) is 0 Å². The third kappa shape index (κ3) is 3.19. The molecule has 20 heavy (non-hydrogen) atoms. The van der Waals surface area contributed by atoms with Crippen LogP contribution in [0.1, 0.15) is 17.3 Å². The van der Waals surface area contributed by atoms with E-state index in [0.717, 1.165) is 0 Å². The molecular formula is C14H13ClN2O3. The summed E-state index contributed by atoms with van der Waals surface area (Å²) < 4.78 is 5.30. The second-order valence-corrected chi connectivity index (χ2v) is 4.36. The summed E-state index contributed by atoms with van der Waals surface area (Å²) in [6.07, 6.45) is 2.82. The number of anilines is 1. The van der Waals surface area contributed by atoms with Crippen molar-refractivity contribution in [2.24, 2.45) is 0 Å². The van der Waals surface area contributed by atoms with Crippen molar-refractivity contribution < 1.29 is 9.53 Å². The molecule has 0 aliphatic heterocycles. The van der Waals surface area contributed by atoms with Gasteiger partial charge in [-0.15, -0.1) is 0 Å². The number of carbonyl (C=O) groups excluding carboxylic acids is 1. The lowest BCUT2D eigenvalue weighted by molar-refractivity contribution is 0.102. The van der Waals surface area contributed by atoms with E-state index in [1.807, 2.05) is 6.92 Å². The third-order valence-electron chi connectivity index (χ3n) is 2.56. The largest absolute Gasteiger partial charge is 0.492 e. The summed E-state index contributed by atoms with van der Waals surface area (Å²) in [5.74, 6) is 0.0526. The van der Waals surface area contributed by atoms with Crippen LogP contribution < -0.4 is 15.5 Å². The highest BCUT2D eigenvalue weighted by molar-refractivity contribution is 6.32. The molecule has 0 aliphatic carbocycles. The van der Waals surface area contributed by atoms with E-state index in [2.05, 4.69) is 10.3 Å². The molecule has 1 amide bonds. The predicted molar refractivity (Wildman–Crippen MR) is 77.6 cm³/mol. The first-order chi connectivity index (χ1) is 9.61. The van der Waals surface area contributed by atoms with Gasteiger partial charge >= 0.3 is 0 Å². The molecule has 104 valence electrons. The number of carbonyl (C=O) groups is 1. The van der Waals surface area contributed by atoms with Crippen LogP contribution in [-0.2, 0) is 0 Å². The zero-order valence-corrected chi connectivity index (χ0v) is 11.5. The summed E-state index contributed by atoms with van der Waals surface area (Å²) in [6.45, 7) is 2.36. The molecule has 2 rings (SSSR count). The number of halogens is 1. The van der Waals surface area contributed by atoms with E-state index in [9.17, 15) is 9.59 Å². The van der Waals surface area contributed by atoms with Crippen LogP contribution in [0.15, 0.2) is 41.5 Å². The minimum Gasteiger partial charge on any atom is -0.492 e. The topological polar surface area (TPSA) is 71.2 Å². The molecule has 1 aromatic carbocycles. The Kier molecular flexibility index (Phi) is 4.42. The quantitative estimate of drug-likeness (QED) is 0.910. The molecule has 0 bridgehead atoms. The van der Waals surface area contributed by atoms with Crippen molar-refractivity contribution in [1.82, 2.24) is 4.98 Å². The van der Waals surface area contributed by atoms with E-state index < -0.39 is 5.91 Å². The van der Waals surface area contributed by atoms with Crippen LogP contribution in [0.25, 0.3) is 0 Å². The first kappa shape index (κ1) is 14.1. The number of hydrogen-bond donors (Lipinski definition) is 2. The van der Waals surface area contributed by atoms with Gasteiger partial charge in [0, 0.05) is 24.1 Å². The Balaban J connectivity index is 2.18. The fraction of sp³-hybridized carbons (Fsp3) is 0.143. The third-order valence-corrected chi connectivity index (χ3v) is 2.85. The van der Waals surface area contributed by atoms with Crippen molar-refractivity contribution in [3.05, 3.63) is 57.5 Å². The van der Waals surface area contributed by atoms with Crippen molar-refractivity contribution in [3.8, 4) is 5.75 Å².